The van der Waals surface area contributed by atoms with E-state index in [0.717, 1.165) is 28.9 Å². The fourth-order valence-electron chi connectivity index (χ4n) is 23.3. The van der Waals surface area contributed by atoms with E-state index in [1.165, 1.54) is 263 Å². The van der Waals surface area contributed by atoms with Gasteiger partial charge in [-0.15, -0.1) is 0 Å². The molecular formula is C144H109N5. The summed E-state index contributed by atoms with van der Waals surface area (Å²) in [5.74, 6) is 0. The van der Waals surface area contributed by atoms with Gasteiger partial charge in [0.05, 0.1) is 16.7 Å². The molecular weight excluding hydrogens is 1800 g/mol. The van der Waals surface area contributed by atoms with Crippen molar-refractivity contribution in [2.24, 2.45) is 0 Å². The normalized spacial score (nSPS) is 12.5. The molecule has 5 nitrogen and oxygen atoms in total. The van der Waals surface area contributed by atoms with Gasteiger partial charge in [0, 0.05) is 59.6 Å². The molecule has 1 aliphatic heterocycles. The van der Waals surface area contributed by atoms with Crippen molar-refractivity contribution >= 4 is 135 Å². The van der Waals surface area contributed by atoms with Crippen LogP contribution in [-0.2, 0) is 16.2 Å². The molecule has 0 bridgehead atoms. The molecule has 0 saturated heterocycles. The smallest absolute Gasteiger partial charge is 0.0701 e. The average molecular weight is 1910 g/mol. The lowest BCUT2D eigenvalue weighted by Crippen LogP contribution is -2.10. The molecule has 28 rings (SSSR count). The highest BCUT2D eigenvalue weighted by molar-refractivity contribution is 6.32. The maximum atomic E-state index is 4.58. The number of aromatic nitrogens is 4. The fraction of sp³-hybridized carbons (Fsp3) is 0.0903. The van der Waals surface area contributed by atoms with Gasteiger partial charge in [-0.2, -0.15) is 0 Å². The van der Waals surface area contributed by atoms with Crippen molar-refractivity contribution in [3.63, 3.8) is 0 Å². The van der Waals surface area contributed by atoms with Crippen LogP contribution in [0.5, 0.6) is 0 Å². The monoisotopic (exact) mass is 1910 g/mol. The van der Waals surface area contributed by atoms with Crippen LogP contribution in [0.1, 0.15) is 84.6 Å². The Labute approximate surface area is 869 Å². The lowest BCUT2D eigenvalue weighted by atomic mass is 9.81. The van der Waals surface area contributed by atoms with Crippen LogP contribution in [0, 0.1) is 0 Å². The molecule has 5 heterocycles. The van der Waals surface area contributed by atoms with Gasteiger partial charge < -0.3 is 9.88 Å². The third kappa shape index (κ3) is 16.5. The van der Waals surface area contributed by atoms with E-state index in [9.17, 15) is 0 Å². The molecule has 0 unspecified atom stereocenters. The van der Waals surface area contributed by atoms with Gasteiger partial charge in [-0.1, -0.05) is 426 Å². The summed E-state index contributed by atoms with van der Waals surface area (Å²) < 4.78 is 2.39. The molecule has 1 N–H and O–H groups in total. The van der Waals surface area contributed by atoms with Crippen LogP contribution in [-0.4, -0.2) is 26.1 Å². The molecule has 710 valence electrons. The second-order valence-electron chi connectivity index (χ2n) is 43.4. The predicted molar refractivity (Wildman–Crippen MR) is 637 cm³/mol. The van der Waals surface area contributed by atoms with E-state index in [4.69, 9.17) is 0 Å². The Kier molecular flexibility index (Phi) is 22.4. The highest BCUT2D eigenvalue weighted by atomic mass is 15.0. The van der Waals surface area contributed by atoms with Gasteiger partial charge >= 0.3 is 0 Å². The van der Waals surface area contributed by atoms with E-state index in [1.54, 1.807) is 0 Å². The highest BCUT2D eigenvalue weighted by Gasteiger charge is 2.28. The average Bonchev–Trinajstić information content (AvgIpc) is 1.28. The minimum Gasteiger partial charge on any atom is -0.387 e. The largest absolute Gasteiger partial charge is 0.387 e. The molecule has 27 aromatic rings. The van der Waals surface area contributed by atoms with Gasteiger partial charge in [-0.05, 0) is 348 Å². The standard InChI is InChI=1S/C49H36N2.C48H38N2.C47H35N/c1-49(2,3)37-26-34-19-22-40-42(32-17-15-31(16-18-32)36-10-9-25-50-30-36)29-43(41-23-20-35(27-37)47(34)48(40)41)33-21-24-46-44(28-33)39-13-7-8-14-45(39)51(46)38-11-5-4-6-12-38;1-48(2,3)40-28-38-19-21-41-43(35-13-11-32(12-14-35)31-7-9-33(10-8-31)34-23-26-49-27-24-34)30-44(42-22-20-39(29-40)46(38)47(41)42)36-15-17-37(18-16-36)45-6-4-5-25-50-45;1-47(2,3)38-26-35-21-23-41-43(33-15-13-30(14-16-33)37-10-7-25-48-29-37)28-44(42-24-22-36(27-38)45(35)46(41)42)34-19-17-32(18-20-34)40-12-6-9-31-8-4-5-11-39(31)40/h4-30H,1-3H3;4-26,28-30,49H,27H2,1-3H3;4-29H,1-3H3. The molecule has 149 heavy (non-hydrogen) atoms. The summed E-state index contributed by atoms with van der Waals surface area (Å²) in [4.78, 5) is 13.3. The number of dihydropyridines is 1. The lowest BCUT2D eigenvalue weighted by molar-refractivity contribution is 0.591. The first kappa shape index (κ1) is 90.9. The SMILES string of the molecule is CC(C)(C)c1cc2ccc3c(-c4ccc(-c5ccc(C6=CCNC=C6)cc5)cc4)cc(-c4ccc(-c5ccccn5)cc4)c4ccc(c1)c2c34.CC(C)(C)c1cc2ccc3c(-c4ccc(-c5cccnc5)cc4)cc(-c4ccc(-c5cccc6ccccc56)cc4)c4ccc(c1)c2c34.CC(C)(C)c1cc2ccc3c(-c4ccc(-c5cccnc5)cc4)cc(-c4ccc5c(c4)c4ccccc4n5-c4ccccc4)c4ccc(c1)c2c34. The number of allylic oxidation sites excluding steroid dienone is 2. The lowest BCUT2D eigenvalue weighted by Gasteiger charge is -2.23. The molecule has 5 heteroatoms. The molecule has 0 fully saturated rings. The molecule has 0 atom stereocenters. The summed E-state index contributed by atoms with van der Waals surface area (Å²) in [7, 11) is 0. The van der Waals surface area contributed by atoms with Crippen LogP contribution in [0.25, 0.3) is 263 Å². The van der Waals surface area contributed by atoms with Crippen molar-refractivity contribution in [1.29, 1.82) is 0 Å². The van der Waals surface area contributed by atoms with Crippen LogP contribution in [0.4, 0.5) is 0 Å². The molecule has 0 aliphatic carbocycles. The Morgan fingerprint density at radius 3 is 0.966 bits per heavy atom. The zero-order valence-electron chi connectivity index (χ0n) is 85.1. The summed E-state index contributed by atoms with van der Waals surface area (Å²) in [6.45, 7) is 21.6. The molecule has 0 spiro atoms. The number of nitrogens with zero attached hydrogens (tertiary/aromatic N) is 4. The highest BCUT2D eigenvalue weighted by Crippen LogP contribution is 2.52. The summed E-state index contributed by atoms with van der Waals surface area (Å²) in [5, 5.41) is 31.9. The second-order valence-corrected chi connectivity index (χ2v) is 43.4. The van der Waals surface area contributed by atoms with Crippen molar-refractivity contribution in [2.75, 3.05) is 6.54 Å². The van der Waals surface area contributed by atoms with Crippen molar-refractivity contribution in [3.8, 4) is 128 Å². The van der Waals surface area contributed by atoms with Crippen molar-refractivity contribution < 1.29 is 0 Å². The number of rotatable bonds is 13. The second kappa shape index (κ2) is 36.6. The Hall–Kier alpha value is -18.0. The van der Waals surface area contributed by atoms with Gasteiger partial charge in [0.1, 0.15) is 0 Å². The number of hydrogen-bond donors (Lipinski definition) is 1. The molecule has 4 aromatic heterocycles. The number of nitrogens with one attached hydrogen (secondary N) is 1. The Morgan fingerprint density at radius 2 is 0.570 bits per heavy atom. The molecule has 0 radical (unpaired) electrons. The number of hydrogen-bond acceptors (Lipinski definition) is 4. The van der Waals surface area contributed by atoms with Crippen molar-refractivity contribution in [1.82, 2.24) is 24.8 Å². The van der Waals surface area contributed by atoms with Gasteiger partial charge in [0.15, 0.2) is 0 Å². The van der Waals surface area contributed by atoms with E-state index in [0.29, 0.717) is 0 Å². The maximum absolute atomic E-state index is 4.58. The van der Waals surface area contributed by atoms with Crippen molar-refractivity contribution in [3.05, 3.63) is 502 Å². The van der Waals surface area contributed by atoms with Gasteiger partial charge in [-0.25, -0.2) is 0 Å². The maximum Gasteiger partial charge on any atom is 0.0701 e. The van der Waals surface area contributed by atoms with E-state index in [1.807, 2.05) is 61.4 Å². The van der Waals surface area contributed by atoms with Gasteiger partial charge in [0.25, 0.3) is 0 Å². The van der Waals surface area contributed by atoms with Crippen LogP contribution in [0.3, 0.4) is 0 Å². The zero-order chi connectivity index (χ0) is 100. The molecule has 0 saturated carbocycles. The first-order valence-electron chi connectivity index (χ1n) is 52.1. The molecule has 23 aromatic carbocycles. The van der Waals surface area contributed by atoms with Crippen LogP contribution in [0.15, 0.2) is 480 Å². The van der Waals surface area contributed by atoms with Gasteiger partial charge in [0.2, 0.25) is 0 Å². The minimum absolute atomic E-state index is 0.0606. The van der Waals surface area contributed by atoms with Crippen LogP contribution < -0.4 is 5.32 Å². The number of fused-ring (bicyclic) bond motifs is 4. The Balaban J connectivity index is 0.000000113. The number of pyridine rings is 3. The van der Waals surface area contributed by atoms with Crippen LogP contribution >= 0.6 is 0 Å². The molecule has 1 aliphatic rings. The topological polar surface area (TPSA) is 55.6 Å². The summed E-state index contributed by atoms with van der Waals surface area (Å²) in [6, 6.07) is 160. The predicted octanol–water partition coefficient (Wildman–Crippen LogP) is 38.9. The van der Waals surface area contributed by atoms with Gasteiger partial charge in [-0.3, -0.25) is 15.0 Å². The van der Waals surface area contributed by atoms with Crippen molar-refractivity contribution in [2.45, 2.75) is 78.6 Å². The zero-order valence-corrected chi connectivity index (χ0v) is 85.1. The third-order valence-electron chi connectivity index (χ3n) is 31.1. The van der Waals surface area contributed by atoms with E-state index in [-0.39, 0.29) is 16.2 Å². The molecule has 0 amide bonds. The Bertz CT molecular complexity index is 9830. The minimum atomic E-state index is 0.0606. The number of para-hydroxylation sites is 2. The first-order valence-corrected chi connectivity index (χ1v) is 52.1. The first-order chi connectivity index (χ1) is 72.7. The van der Waals surface area contributed by atoms with E-state index < -0.39 is 0 Å². The quantitative estimate of drug-likeness (QED) is 0.117. The summed E-state index contributed by atoms with van der Waals surface area (Å²) >= 11 is 0. The fourth-order valence-corrected chi connectivity index (χ4v) is 23.3. The van der Waals surface area contributed by atoms with E-state index >= 15 is 0 Å². The number of benzene rings is 23. The summed E-state index contributed by atoms with van der Waals surface area (Å²) in [5.41, 5.74) is 36.8. The summed E-state index contributed by atoms with van der Waals surface area (Å²) in [6.07, 6.45) is 15.7. The third-order valence-corrected chi connectivity index (χ3v) is 31.1. The van der Waals surface area contributed by atoms with Crippen LogP contribution in [0.2, 0.25) is 0 Å². The Morgan fingerprint density at radius 1 is 0.221 bits per heavy atom. The van der Waals surface area contributed by atoms with E-state index in [2.05, 4.69) is 506 Å².